The molecule has 0 bridgehead atoms. The summed E-state index contributed by atoms with van der Waals surface area (Å²) in [7, 11) is -3.71. The lowest BCUT2D eigenvalue weighted by Gasteiger charge is -2.32. The molecule has 5 nitrogen and oxygen atoms in total. The van der Waals surface area contributed by atoms with E-state index < -0.39 is 16.1 Å². The molecule has 1 heterocycles. The minimum Gasteiger partial charge on any atom is -0.344 e. The Morgan fingerprint density at radius 1 is 1.25 bits per heavy atom. The van der Waals surface area contributed by atoms with E-state index in [1.54, 1.807) is 30.3 Å². The minimum absolute atomic E-state index is 0.0921. The number of rotatable bonds is 4. The first kappa shape index (κ1) is 17.0. The average Bonchev–Trinajstić information content (AvgIpc) is 3.00. The number of terminal acetylenes is 1. The smallest absolute Gasteiger partial charge is 0.244 e. The highest BCUT2D eigenvalue weighted by Crippen LogP contribution is 2.42. The van der Waals surface area contributed by atoms with E-state index in [1.165, 1.54) is 4.31 Å². The zero-order valence-electron chi connectivity index (χ0n) is 13.5. The van der Waals surface area contributed by atoms with Crippen molar-refractivity contribution in [2.45, 2.75) is 49.1 Å². The zero-order chi connectivity index (χ0) is 17.2. The Morgan fingerprint density at radius 2 is 1.96 bits per heavy atom. The van der Waals surface area contributed by atoms with Crippen LogP contribution in [0.4, 0.5) is 0 Å². The van der Waals surface area contributed by atoms with Gasteiger partial charge in [-0.15, -0.1) is 6.42 Å². The Labute approximate surface area is 143 Å². The molecule has 1 saturated heterocycles. The number of fused-ring (bicyclic) bond motifs is 1. The van der Waals surface area contributed by atoms with Gasteiger partial charge >= 0.3 is 0 Å². The van der Waals surface area contributed by atoms with Gasteiger partial charge in [0, 0.05) is 6.04 Å². The molecule has 128 valence electrons. The maximum Gasteiger partial charge on any atom is 0.244 e. The minimum atomic E-state index is -3.71. The number of amides is 1. The van der Waals surface area contributed by atoms with Crippen LogP contribution >= 0.6 is 0 Å². The highest BCUT2D eigenvalue weighted by molar-refractivity contribution is 7.89. The van der Waals surface area contributed by atoms with E-state index in [0.717, 1.165) is 25.7 Å². The molecule has 3 rings (SSSR count). The van der Waals surface area contributed by atoms with Crippen molar-refractivity contribution in [2.75, 3.05) is 6.54 Å². The standard InChI is InChI=1S/C18H22N2O3S/c1-2-12-19-18(21)17-13-14-8-6-7-11-16(14)20(17)24(22,23)15-9-4-3-5-10-15/h1,3-5,9-10,14,16-17H,6-8,11-13H2,(H,19,21)/t14-,16+,17+/m1/s1. The number of nitrogens with one attached hydrogen (secondary N) is 1. The Hall–Kier alpha value is -1.84. The maximum atomic E-state index is 13.2. The lowest BCUT2D eigenvalue weighted by atomic mass is 9.85. The fraction of sp³-hybridized carbons (Fsp3) is 0.500. The molecule has 1 aliphatic heterocycles. The van der Waals surface area contributed by atoms with E-state index in [2.05, 4.69) is 11.2 Å². The summed E-state index contributed by atoms with van der Waals surface area (Å²) in [6, 6.07) is 7.60. The molecule has 0 radical (unpaired) electrons. The van der Waals surface area contributed by atoms with Crippen molar-refractivity contribution in [1.82, 2.24) is 9.62 Å². The molecule has 6 heteroatoms. The maximum absolute atomic E-state index is 13.2. The predicted octanol–water partition coefficient (Wildman–Crippen LogP) is 1.76. The van der Waals surface area contributed by atoms with Crippen LogP contribution in [0.15, 0.2) is 35.2 Å². The Balaban J connectivity index is 1.96. The van der Waals surface area contributed by atoms with Gasteiger partial charge in [-0.2, -0.15) is 4.31 Å². The third kappa shape index (κ3) is 3.06. The number of hydrogen-bond donors (Lipinski definition) is 1. The molecule has 2 fully saturated rings. The molecule has 1 aromatic rings. The molecule has 0 spiro atoms. The van der Waals surface area contributed by atoms with Crippen molar-refractivity contribution in [3.63, 3.8) is 0 Å². The van der Waals surface area contributed by atoms with E-state index in [4.69, 9.17) is 6.42 Å². The third-order valence-corrected chi connectivity index (χ3v) is 6.96. The average molecular weight is 346 g/mol. The van der Waals surface area contributed by atoms with Crippen LogP contribution < -0.4 is 5.32 Å². The van der Waals surface area contributed by atoms with E-state index in [9.17, 15) is 13.2 Å². The van der Waals surface area contributed by atoms with Crippen LogP contribution in [0.25, 0.3) is 0 Å². The van der Waals surface area contributed by atoms with Crippen molar-refractivity contribution < 1.29 is 13.2 Å². The zero-order valence-corrected chi connectivity index (χ0v) is 14.3. The Morgan fingerprint density at radius 3 is 2.67 bits per heavy atom. The first-order valence-corrected chi connectivity index (χ1v) is 9.79. The number of sulfonamides is 1. The Bertz CT molecular complexity index is 739. The van der Waals surface area contributed by atoms with Crippen LogP contribution in [-0.2, 0) is 14.8 Å². The van der Waals surface area contributed by atoms with Crippen LogP contribution in [0.2, 0.25) is 0 Å². The van der Waals surface area contributed by atoms with Crippen LogP contribution in [0, 0.1) is 18.3 Å². The summed E-state index contributed by atoms with van der Waals surface area (Å²) in [6.07, 6.45) is 9.67. The summed E-state index contributed by atoms with van der Waals surface area (Å²) in [5, 5.41) is 2.66. The summed E-state index contributed by atoms with van der Waals surface area (Å²) in [6.45, 7) is 0.115. The van der Waals surface area contributed by atoms with Crippen molar-refractivity contribution in [3.05, 3.63) is 30.3 Å². The number of carbonyl (C=O) groups is 1. The van der Waals surface area contributed by atoms with Crippen LogP contribution in [0.5, 0.6) is 0 Å². The molecule has 1 N–H and O–H groups in total. The molecule has 1 saturated carbocycles. The second kappa shape index (κ2) is 6.96. The molecular weight excluding hydrogens is 324 g/mol. The first-order valence-electron chi connectivity index (χ1n) is 8.35. The van der Waals surface area contributed by atoms with Crippen LogP contribution in [-0.4, -0.2) is 37.3 Å². The van der Waals surface area contributed by atoms with E-state index >= 15 is 0 Å². The van der Waals surface area contributed by atoms with Gasteiger partial charge in [-0.1, -0.05) is 37.0 Å². The van der Waals surface area contributed by atoms with Gasteiger partial charge in [-0.25, -0.2) is 8.42 Å². The monoisotopic (exact) mass is 346 g/mol. The second-order valence-electron chi connectivity index (χ2n) is 6.43. The van der Waals surface area contributed by atoms with Gasteiger partial charge in [-0.3, -0.25) is 4.79 Å². The lowest BCUT2D eigenvalue weighted by molar-refractivity contribution is -0.124. The molecular formula is C18H22N2O3S. The van der Waals surface area contributed by atoms with Gasteiger partial charge in [0.25, 0.3) is 0 Å². The normalized spacial score (nSPS) is 27.2. The molecule has 0 aromatic heterocycles. The van der Waals surface area contributed by atoms with Crippen molar-refractivity contribution in [3.8, 4) is 12.3 Å². The lowest BCUT2D eigenvalue weighted by Crippen LogP contribution is -2.49. The van der Waals surface area contributed by atoms with Crippen molar-refractivity contribution in [1.29, 1.82) is 0 Å². The van der Waals surface area contributed by atoms with Gasteiger partial charge in [0.05, 0.1) is 11.4 Å². The molecule has 1 aliphatic carbocycles. The third-order valence-electron chi connectivity index (χ3n) is 5.01. The van der Waals surface area contributed by atoms with E-state index in [0.29, 0.717) is 6.42 Å². The molecule has 3 atom stereocenters. The summed E-state index contributed by atoms with van der Waals surface area (Å²) in [5.74, 6) is 2.33. The molecule has 1 aromatic carbocycles. The molecule has 1 amide bonds. The summed E-state index contributed by atoms with van der Waals surface area (Å²) >= 11 is 0. The van der Waals surface area contributed by atoms with Crippen LogP contribution in [0.3, 0.4) is 0 Å². The van der Waals surface area contributed by atoms with Gasteiger partial charge in [-0.05, 0) is 37.3 Å². The van der Waals surface area contributed by atoms with Crippen molar-refractivity contribution >= 4 is 15.9 Å². The highest BCUT2D eigenvalue weighted by Gasteiger charge is 2.50. The Kier molecular flexibility index (Phi) is 4.93. The molecule has 0 unspecified atom stereocenters. The number of carbonyl (C=O) groups excluding carboxylic acids is 1. The second-order valence-corrected chi connectivity index (χ2v) is 8.28. The quantitative estimate of drug-likeness (QED) is 0.845. The fourth-order valence-electron chi connectivity index (χ4n) is 3.96. The SMILES string of the molecule is C#CCNC(=O)[C@@H]1C[C@H]2CCCC[C@@H]2N1S(=O)(=O)c1ccccc1. The van der Waals surface area contributed by atoms with Crippen LogP contribution in [0.1, 0.15) is 32.1 Å². The molecule has 24 heavy (non-hydrogen) atoms. The van der Waals surface area contributed by atoms with Gasteiger partial charge < -0.3 is 5.32 Å². The largest absolute Gasteiger partial charge is 0.344 e. The molecule has 2 aliphatic rings. The highest BCUT2D eigenvalue weighted by atomic mass is 32.2. The van der Waals surface area contributed by atoms with E-state index in [-0.39, 0.29) is 29.3 Å². The number of hydrogen-bond acceptors (Lipinski definition) is 3. The summed E-state index contributed by atoms with van der Waals surface area (Å²) in [4.78, 5) is 12.8. The van der Waals surface area contributed by atoms with Gasteiger partial charge in [0.15, 0.2) is 0 Å². The number of nitrogens with zero attached hydrogens (tertiary/aromatic N) is 1. The predicted molar refractivity (Wildman–Crippen MR) is 91.5 cm³/mol. The van der Waals surface area contributed by atoms with Gasteiger partial charge in [0.1, 0.15) is 6.04 Å². The topological polar surface area (TPSA) is 66.5 Å². The fourth-order valence-corrected chi connectivity index (χ4v) is 5.85. The van der Waals surface area contributed by atoms with E-state index in [1.807, 2.05) is 0 Å². The number of benzene rings is 1. The first-order chi connectivity index (χ1) is 11.6. The summed E-state index contributed by atoms with van der Waals surface area (Å²) in [5.41, 5.74) is 0. The summed E-state index contributed by atoms with van der Waals surface area (Å²) < 4.78 is 27.8. The van der Waals surface area contributed by atoms with Gasteiger partial charge in [0.2, 0.25) is 15.9 Å². The van der Waals surface area contributed by atoms with Crippen molar-refractivity contribution in [2.24, 2.45) is 5.92 Å².